The van der Waals surface area contributed by atoms with Gasteiger partial charge in [0.05, 0.1) is 13.2 Å². The number of aromatic nitrogens is 1. The molecule has 0 bridgehead atoms. The molecule has 1 aliphatic heterocycles. The van der Waals surface area contributed by atoms with E-state index in [9.17, 15) is 9.18 Å². The van der Waals surface area contributed by atoms with E-state index in [0.29, 0.717) is 17.6 Å². The Morgan fingerprint density at radius 3 is 2.74 bits per heavy atom. The Morgan fingerprint density at radius 1 is 1.30 bits per heavy atom. The number of amides is 1. The maximum absolute atomic E-state index is 14.1. The van der Waals surface area contributed by atoms with Gasteiger partial charge in [-0.15, -0.1) is 0 Å². The Morgan fingerprint density at radius 2 is 2.07 bits per heavy atom. The number of carbonyl (C=O) groups excluding carboxylic acids is 1. The summed E-state index contributed by atoms with van der Waals surface area (Å²) in [5, 5.41) is 3.47. The highest BCUT2D eigenvalue weighted by Gasteiger charge is 2.47. The Kier molecular flexibility index (Phi) is 4.50. The Hall–Kier alpha value is -2.63. The minimum absolute atomic E-state index is 0.00423. The van der Waals surface area contributed by atoms with Gasteiger partial charge in [0.2, 0.25) is 11.8 Å². The number of anilines is 2. The van der Waals surface area contributed by atoms with Crippen molar-refractivity contribution in [1.29, 1.82) is 0 Å². The molecule has 0 saturated heterocycles. The van der Waals surface area contributed by atoms with Gasteiger partial charge in [0, 0.05) is 36.2 Å². The van der Waals surface area contributed by atoms with Crippen molar-refractivity contribution in [1.82, 2.24) is 4.98 Å². The molecular weight excluding hydrogens is 345 g/mol. The number of halogens is 1. The third-order valence-corrected chi connectivity index (χ3v) is 5.63. The first-order valence-electron chi connectivity index (χ1n) is 9.36. The lowest BCUT2D eigenvalue weighted by Crippen LogP contribution is -2.51. The van der Waals surface area contributed by atoms with Crippen LogP contribution < -0.4 is 15.0 Å². The Labute approximate surface area is 158 Å². The summed E-state index contributed by atoms with van der Waals surface area (Å²) >= 11 is 0. The summed E-state index contributed by atoms with van der Waals surface area (Å²) in [6.45, 7) is 3.72. The number of methoxy groups -OCH3 is 1. The third kappa shape index (κ3) is 3.24. The molecule has 1 aliphatic carbocycles. The van der Waals surface area contributed by atoms with Crippen molar-refractivity contribution >= 4 is 17.4 Å². The molecule has 1 aromatic heterocycles. The summed E-state index contributed by atoms with van der Waals surface area (Å²) < 4.78 is 19.3. The van der Waals surface area contributed by atoms with Crippen LogP contribution >= 0.6 is 0 Å². The summed E-state index contributed by atoms with van der Waals surface area (Å²) in [6.07, 6.45) is 2.25. The van der Waals surface area contributed by atoms with E-state index in [1.807, 2.05) is 17.0 Å². The number of benzene rings is 1. The highest BCUT2D eigenvalue weighted by molar-refractivity contribution is 5.94. The van der Waals surface area contributed by atoms with Gasteiger partial charge in [-0.1, -0.05) is 13.0 Å². The molecule has 1 N–H and O–H groups in total. The third-order valence-electron chi connectivity index (χ3n) is 5.63. The number of carbonyl (C=O) groups is 1. The molecular formula is C21H24FN3O2. The predicted molar refractivity (Wildman–Crippen MR) is 102 cm³/mol. The first kappa shape index (κ1) is 17.8. The van der Waals surface area contributed by atoms with E-state index in [1.54, 1.807) is 26.2 Å². The first-order valence-corrected chi connectivity index (χ1v) is 9.36. The van der Waals surface area contributed by atoms with Crippen molar-refractivity contribution < 1.29 is 13.9 Å². The lowest BCUT2D eigenvalue weighted by atomic mass is 9.80. The summed E-state index contributed by atoms with van der Waals surface area (Å²) in [5.74, 6) is 1.50. The summed E-state index contributed by atoms with van der Waals surface area (Å²) in [5.41, 5.74) is 1.58. The maximum Gasteiger partial charge on any atom is 0.224 e. The van der Waals surface area contributed by atoms with Crippen LogP contribution in [0.2, 0.25) is 0 Å². The molecule has 0 spiro atoms. The number of ether oxygens (including phenoxy) is 1. The van der Waals surface area contributed by atoms with Gasteiger partial charge in [-0.25, -0.2) is 4.39 Å². The molecule has 1 fully saturated rings. The second-order valence-corrected chi connectivity index (χ2v) is 7.47. The lowest BCUT2D eigenvalue weighted by molar-refractivity contribution is -0.117. The molecule has 1 amide bonds. The number of nitrogens with one attached hydrogen (secondary N) is 1. The molecule has 2 unspecified atom stereocenters. The average Bonchev–Trinajstić information content (AvgIpc) is 3.48. The van der Waals surface area contributed by atoms with Gasteiger partial charge in [0.15, 0.2) is 0 Å². The zero-order valence-corrected chi connectivity index (χ0v) is 15.8. The van der Waals surface area contributed by atoms with Crippen LogP contribution in [0, 0.1) is 17.7 Å². The number of hydrogen-bond donors (Lipinski definition) is 1. The largest absolute Gasteiger partial charge is 0.481 e. The predicted octanol–water partition coefficient (Wildman–Crippen LogP) is 4.16. The molecule has 4 rings (SSSR count). The molecule has 3 atom stereocenters. The topological polar surface area (TPSA) is 54.5 Å². The maximum atomic E-state index is 14.1. The quantitative estimate of drug-likeness (QED) is 0.879. The van der Waals surface area contributed by atoms with E-state index in [0.717, 1.165) is 24.1 Å². The summed E-state index contributed by atoms with van der Waals surface area (Å²) in [7, 11) is 1.58. The molecule has 1 saturated carbocycles. The molecule has 2 aliphatic rings. The van der Waals surface area contributed by atoms with Crippen molar-refractivity contribution in [3.63, 3.8) is 0 Å². The minimum atomic E-state index is -0.306. The second-order valence-electron chi connectivity index (χ2n) is 7.47. The van der Waals surface area contributed by atoms with Gasteiger partial charge >= 0.3 is 0 Å². The smallest absolute Gasteiger partial charge is 0.224 e. The van der Waals surface area contributed by atoms with Gasteiger partial charge in [-0.05, 0) is 43.0 Å². The fourth-order valence-corrected chi connectivity index (χ4v) is 4.30. The molecule has 6 heteroatoms. The summed E-state index contributed by atoms with van der Waals surface area (Å²) in [4.78, 5) is 18.8. The van der Waals surface area contributed by atoms with Crippen LogP contribution in [0.15, 0.2) is 36.4 Å². The van der Waals surface area contributed by atoms with E-state index in [1.165, 1.54) is 12.1 Å². The monoisotopic (exact) mass is 369 g/mol. The number of nitrogens with zero attached hydrogens (tertiary/aromatic N) is 2. The number of rotatable bonds is 4. The number of fused-ring (bicyclic) bond motifs is 1. The van der Waals surface area contributed by atoms with Gasteiger partial charge in [0.25, 0.3) is 0 Å². The fourth-order valence-electron chi connectivity index (χ4n) is 4.30. The molecule has 0 radical (unpaired) electrons. The standard InChI is InChI=1S/C21H24FN3O2/c1-12-20(24-18-5-4-6-19(23-18)27-3)16-11-15(22)9-10-17(16)25(13(2)26)21(12)14-7-8-14/h4-6,9-12,14,20-21H,7-8H2,1-3H3,(H,23,24)/t12-,20?,21?/m1/s1. The van der Waals surface area contributed by atoms with E-state index < -0.39 is 0 Å². The van der Waals surface area contributed by atoms with Crippen LogP contribution in [0.25, 0.3) is 0 Å². The number of hydrogen-bond acceptors (Lipinski definition) is 4. The molecule has 142 valence electrons. The Bertz CT molecular complexity index is 868. The van der Waals surface area contributed by atoms with Gasteiger partial charge in [-0.3, -0.25) is 4.79 Å². The van der Waals surface area contributed by atoms with Crippen LogP contribution in [0.5, 0.6) is 5.88 Å². The number of pyridine rings is 1. The first-order chi connectivity index (χ1) is 13.0. The molecule has 5 nitrogen and oxygen atoms in total. The molecule has 2 aromatic rings. The highest BCUT2D eigenvalue weighted by Crippen LogP contribution is 2.50. The van der Waals surface area contributed by atoms with Crippen LogP contribution in [-0.2, 0) is 4.79 Å². The summed E-state index contributed by atoms with van der Waals surface area (Å²) in [6, 6.07) is 10.2. The SMILES string of the molecule is COc1cccc(NC2c3cc(F)ccc3N(C(C)=O)C(C3CC3)[C@@H]2C)n1. The molecule has 1 aromatic carbocycles. The van der Waals surface area contributed by atoms with E-state index in [-0.39, 0.29) is 29.7 Å². The highest BCUT2D eigenvalue weighted by atomic mass is 19.1. The van der Waals surface area contributed by atoms with Crippen molar-refractivity contribution in [2.24, 2.45) is 11.8 Å². The van der Waals surface area contributed by atoms with Gasteiger partial charge in [0.1, 0.15) is 11.6 Å². The van der Waals surface area contributed by atoms with Crippen LogP contribution in [0.1, 0.15) is 38.3 Å². The molecule has 2 heterocycles. The van der Waals surface area contributed by atoms with E-state index >= 15 is 0 Å². The lowest BCUT2D eigenvalue weighted by Gasteiger charge is -2.45. The fraction of sp³-hybridized carbons (Fsp3) is 0.429. The minimum Gasteiger partial charge on any atom is -0.481 e. The zero-order chi connectivity index (χ0) is 19.1. The van der Waals surface area contributed by atoms with Crippen LogP contribution in [0.4, 0.5) is 15.9 Å². The van der Waals surface area contributed by atoms with Gasteiger partial charge in [-0.2, -0.15) is 4.98 Å². The van der Waals surface area contributed by atoms with E-state index in [2.05, 4.69) is 17.2 Å². The van der Waals surface area contributed by atoms with Crippen LogP contribution in [0.3, 0.4) is 0 Å². The van der Waals surface area contributed by atoms with Crippen molar-refractivity contribution in [3.8, 4) is 5.88 Å². The van der Waals surface area contributed by atoms with Crippen molar-refractivity contribution in [2.45, 2.75) is 38.8 Å². The zero-order valence-electron chi connectivity index (χ0n) is 15.8. The normalized spacial score (nSPS) is 24.3. The second kappa shape index (κ2) is 6.83. The Balaban J connectivity index is 1.78. The molecule has 27 heavy (non-hydrogen) atoms. The average molecular weight is 369 g/mol. The van der Waals surface area contributed by atoms with E-state index in [4.69, 9.17) is 4.74 Å². The van der Waals surface area contributed by atoms with Crippen molar-refractivity contribution in [2.75, 3.05) is 17.3 Å². The van der Waals surface area contributed by atoms with Crippen LogP contribution in [-0.4, -0.2) is 24.0 Å². The van der Waals surface area contributed by atoms with Gasteiger partial charge < -0.3 is 15.0 Å². The van der Waals surface area contributed by atoms with Crippen molar-refractivity contribution in [3.05, 3.63) is 47.8 Å².